The first-order valence-electron chi connectivity index (χ1n) is 46.4. The Morgan fingerprint density at radius 1 is 0.266 bits per heavy atom. The number of phosphoric acid groups is 2. The minimum Gasteiger partial charge on any atom is -0.462 e. The molecule has 3 N–H and O–H groups in total. The van der Waals surface area contributed by atoms with Crippen LogP contribution in [-0.4, -0.2) is 96.7 Å². The Bertz CT molecular complexity index is 2100. The van der Waals surface area contributed by atoms with E-state index in [9.17, 15) is 43.2 Å². The van der Waals surface area contributed by atoms with Crippen LogP contribution in [-0.2, 0) is 65.4 Å². The average molecular weight is 1590 g/mol. The monoisotopic (exact) mass is 1590 g/mol. The highest BCUT2D eigenvalue weighted by Crippen LogP contribution is 2.45. The first kappa shape index (κ1) is 107. The maximum Gasteiger partial charge on any atom is 0.472 e. The molecule has 109 heavy (non-hydrogen) atoms. The van der Waals surface area contributed by atoms with Crippen LogP contribution in [0.25, 0.3) is 0 Å². The van der Waals surface area contributed by atoms with Crippen molar-refractivity contribution in [2.45, 2.75) is 497 Å². The number of carbonyl (C=O) groups is 4. The fourth-order valence-electron chi connectivity index (χ4n) is 14.0. The van der Waals surface area contributed by atoms with Gasteiger partial charge in [-0.15, -0.1) is 0 Å². The Hall–Kier alpha value is -1.94. The van der Waals surface area contributed by atoms with Crippen LogP contribution in [0.3, 0.4) is 0 Å². The number of rotatable bonds is 88. The molecule has 7 atom stereocenters. The maximum absolute atomic E-state index is 13.2. The van der Waals surface area contributed by atoms with Gasteiger partial charge in [0.05, 0.1) is 26.4 Å². The summed E-state index contributed by atoms with van der Waals surface area (Å²) in [6.07, 6.45) is 72.0. The topological polar surface area (TPSA) is 237 Å². The van der Waals surface area contributed by atoms with Crippen molar-refractivity contribution in [3.05, 3.63) is 0 Å². The summed E-state index contributed by atoms with van der Waals surface area (Å²) in [6.45, 7) is 12.2. The quantitative estimate of drug-likeness (QED) is 0.0222. The lowest BCUT2D eigenvalue weighted by Gasteiger charge is -2.21. The molecule has 0 fully saturated rings. The predicted octanol–water partition coefficient (Wildman–Crippen LogP) is 27.6. The van der Waals surface area contributed by atoms with E-state index >= 15 is 0 Å². The summed E-state index contributed by atoms with van der Waals surface area (Å²) in [5.41, 5.74) is 0. The molecule has 4 unspecified atom stereocenters. The van der Waals surface area contributed by atoms with Crippen LogP contribution in [0.2, 0.25) is 0 Å². The van der Waals surface area contributed by atoms with Crippen LogP contribution in [0, 0.1) is 17.8 Å². The molecule has 0 spiro atoms. The van der Waals surface area contributed by atoms with Crippen LogP contribution in [0.5, 0.6) is 0 Å². The van der Waals surface area contributed by atoms with Gasteiger partial charge < -0.3 is 33.8 Å². The van der Waals surface area contributed by atoms with Crippen molar-refractivity contribution in [2.75, 3.05) is 39.6 Å². The molecule has 0 aromatic carbocycles. The van der Waals surface area contributed by atoms with E-state index in [2.05, 4.69) is 48.5 Å². The summed E-state index contributed by atoms with van der Waals surface area (Å²) in [7, 11) is -9.94. The molecule has 0 aliphatic heterocycles. The second kappa shape index (κ2) is 79.9. The highest BCUT2D eigenvalue weighted by Gasteiger charge is 2.31. The number of aliphatic hydroxyl groups is 1. The molecular formula is C90H176O17P2. The van der Waals surface area contributed by atoms with Gasteiger partial charge in [0.15, 0.2) is 12.2 Å². The van der Waals surface area contributed by atoms with E-state index in [1.807, 2.05) is 0 Å². The van der Waals surface area contributed by atoms with Gasteiger partial charge in [-0.1, -0.05) is 427 Å². The number of aliphatic hydroxyl groups excluding tert-OH is 1. The van der Waals surface area contributed by atoms with Crippen molar-refractivity contribution in [3.8, 4) is 0 Å². The van der Waals surface area contributed by atoms with Crippen molar-refractivity contribution in [1.29, 1.82) is 0 Å². The zero-order valence-corrected chi connectivity index (χ0v) is 73.8. The van der Waals surface area contributed by atoms with Crippen LogP contribution in [0.15, 0.2) is 0 Å². The molecule has 0 heterocycles. The van der Waals surface area contributed by atoms with E-state index in [4.69, 9.17) is 37.0 Å². The van der Waals surface area contributed by atoms with Gasteiger partial charge in [-0.3, -0.25) is 37.3 Å². The number of esters is 4. The summed E-state index contributed by atoms with van der Waals surface area (Å²) in [4.78, 5) is 73.4. The molecule has 0 bridgehead atoms. The van der Waals surface area contributed by atoms with Crippen LogP contribution >= 0.6 is 15.6 Å². The van der Waals surface area contributed by atoms with Crippen LogP contribution in [0.1, 0.15) is 479 Å². The minimum absolute atomic E-state index is 0.108. The highest BCUT2D eigenvalue weighted by atomic mass is 31.2. The average Bonchev–Trinajstić information content (AvgIpc) is 0.897. The normalized spacial score (nSPS) is 14.3. The van der Waals surface area contributed by atoms with E-state index in [-0.39, 0.29) is 25.7 Å². The number of hydrogen-bond donors (Lipinski definition) is 3. The number of ether oxygens (including phenoxy) is 4. The Labute approximate surface area is 670 Å². The van der Waals surface area contributed by atoms with Gasteiger partial charge in [0.2, 0.25) is 0 Å². The fraction of sp³-hybridized carbons (Fsp3) is 0.956. The van der Waals surface area contributed by atoms with Gasteiger partial charge in [0, 0.05) is 25.7 Å². The van der Waals surface area contributed by atoms with Crippen molar-refractivity contribution >= 4 is 39.5 Å². The first-order valence-corrected chi connectivity index (χ1v) is 49.4. The smallest absolute Gasteiger partial charge is 0.462 e. The van der Waals surface area contributed by atoms with Crippen molar-refractivity contribution in [1.82, 2.24) is 0 Å². The van der Waals surface area contributed by atoms with Gasteiger partial charge in [-0.05, 0) is 43.4 Å². The van der Waals surface area contributed by atoms with Gasteiger partial charge in [-0.25, -0.2) is 9.13 Å². The number of hydrogen-bond acceptors (Lipinski definition) is 15. The van der Waals surface area contributed by atoms with E-state index < -0.39 is 97.5 Å². The molecule has 0 saturated heterocycles. The Morgan fingerprint density at radius 3 is 0.697 bits per heavy atom. The molecular weight excluding hydrogens is 1410 g/mol. The lowest BCUT2D eigenvalue weighted by Crippen LogP contribution is -2.30. The summed E-state index contributed by atoms with van der Waals surface area (Å²) in [5, 5.41) is 10.7. The third kappa shape index (κ3) is 81.0. The van der Waals surface area contributed by atoms with E-state index in [0.29, 0.717) is 25.7 Å². The second-order valence-corrected chi connectivity index (χ2v) is 36.2. The largest absolute Gasteiger partial charge is 0.472 e. The van der Waals surface area contributed by atoms with E-state index in [1.54, 1.807) is 0 Å². The lowest BCUT2D eigenvalue weighted by molar-refractivity contribution is -0.161. The molecule has 0 rings (SSSR count). The Balaban J connectivity index is 5.26. The zero-order chi connectivity index (χ0) is 80.0. The summed E-state index contributed by atoms with van der Waals surface area (Å²) >= 11 is 0. The van der Waals surface area contributed by atoms with Crippen molar-refractivity contribution in [2.24, 2.45) is 17.8 Å². The molecule has 19 heteroatoms. The standard InChI is InChI=1S/C90H176O17P2/c1-8-11-12-13-14-15-16-36-43-50-57-64-71-87(92)100-77-85(106-90(95)74-67-60-53-46-39-32-26-24-29-35-42-49-56-63-70-83(7)10-3)79-104-108(96,97)102-75-84(91)76-103-109(98,99)105-80-86(78-101-88(93)72-65-58-51-44-37-30-25-23-28-34-41-48-55-62-69-82(6)9-2)107-89(94)73-66-59-52-45-38-31-22-20-18-17-19-21-27-33-40-47-54-61-68-81(4)5/h81-86,91H,8-80H2,1-7H3,(H,96,97)(H,98,99)/t82?,83?,84-,85+,86+/m0/s1. The third-order valence-corrected chi connectivity index (χ3v) is 23.8. The van der Waals surface area contributed by atoms with E-state index in [1.165, 1.54) is 289 Å². The molecule has 0 aromatic rings. The molecule has 0 aromatic heterocycles. The highest BCUT2D eigenvalue weighted by molar-refractivity contribution is 7.47. The molecule has 0 aliphatic carbocycles. The number of unbranched alkanes of at least 4 members (excludes halogenated alkanes) is 54. The molecule has 0 amide bonds. The maximum atomic E-state index is 13.2. The summed E-state index contributed by atoms with van der Waals surface area (Å²) in [6, 6.07) is 0. The van der Waals surface area contributed by atoms with Gasteiger partial charge in [0.25, 0.3) is 0 Å². The molecule has 17 nitrogen and oxygen atoms in total. The molecule has 648 valence electrons. The zero-order valence-electron chi connectivity index (χ0n) is 72.0. The predicted molar refractivity (Wildman–Crippen MR) is 451 cm³/mol. The fourth-order valence-corrected chi connectivity index (χ4v) is 15.6. The van der Waals surface area contributed by atoms with Crippen molar-refractivity contribution < 1.29 is 80.2 Å². The minimum atomic E-state index is -4.97. The molecule has 0 saturated carbocycles. The molecule has 0 radical (unpaired) electrons. The van der Waals surface area contributed by atoms with E-state index in [0.717, 1.165) is 108 Å². The SMILES string of the molecule is CCCCCCCCCCCCCCC(=O)OC[C@H](COP(=O)(O)OC[C@H](O)COP(=O)(O)OC[C@@H](COC(=O)CCCCCCCCCCCCCCCCC(C)CC)OC(=O)CCCCCCCCCCCCCCCCCCCCC(C)C)OC(=O)CCCCCCCCCCCCCCCCC(C)CC. The lowest BCUT2D eigenvalue weighted by atomic mass is 9.99. The van der Waals surface area contributed by atoms with Crippen molar-refractivity contribution in [3.63, 3.8) is 0 Å². The summed E-state index contributed by atoms with van der Waals surface area (Å²) < 4.78 is 69.1. The van der Waals surface area contributed by atoms with Crippen LogP contribution < -0.4 is 0 Å². The number of carbonyl (C=O) groups excluding carboxylic acids is 4. The Kier molecular flexibility index (Phi) is 78.5. The molecule has 0 aliphatic rings. The van der Waals surface area contributed by atoms with Gasteiger partial charge in [0.1, 0.15) is 19.3 Å². The van der Waals surface area contributed by atoms with Gasteiger partial charge in [-0.2, -0.15) is 0 Å². The number of phosphoric ester groups is 2. The van der Waals surface area contributed by atoms with Gasteiger partial charge >= 0.3 is 39.5 Å². The summed E-state index contributed by atoms with van der Waals surface area (Å²) in [5.74, 6) is 0.419. The van der Waals surface area contributed by atoms with Crippen LogP contribution in [0.4, 0.5) is 0 Å². The Morgan fingerprint density at radius 2 is 0.468 bits per heavy atom. The second-order valence-electron chi connectivity index (χ2n) is 33.3. The first-order chi connectivity index (χ1) is 52.8. The third-order valence-electron chi connectivity index (χ3n) is 21.9.